The van der Waals surface area contributed by atoms with Crippen LogP contribution in [-0.2, 0) is 4.74 Å². The Morgan fingerprint density at radius 3 is 3.06 bits per heavy atom. The van der Waals surface area contributed by atoms with E-state index >= 15 is 0 Å². The molecule has 100 valence electrons. The predicted octanol–water partition coefficient (Wildman–Crippen LogP) is 3.39. The van der Waals surface area contributed by atoms with E-state index in [1.165, 1.54) is 10.6 Å². The molecule has 1 aromatic heterocycles. The molecule has 3 unspecified atom stereocenters. The molecule has 1 aromatic rings. The van der Waals surface area contributed by atoms with Crippen LogP contribution in [0, 0.1) is 12.8 Å². The summed E-state index contributed by atoms with van der Waals surface area (Å²) < 4.78 is 6.02. The molecule has 0 bridgehead atoms. The number of ether oxygens (including phenoxy) is 1. The van der Waals surface area contributed by atoms with Crippen molar-refractivity contribution in [2.24, 2.45) is 5.92 Å². The van der Waals surface area contributed by atoms with Crippen LogP contribution in [0.25, 0.3) is 0 Å². The summed E-state index contributed by atoms with van der Waals surface area (Å²) >= 11 is 3.71. The molecule has 2 aliphatic rings. The second-order valence-corrected chi connectivity index (χ2v) is 7.90. The van der Waals surface area contributed by atoms with Crippen LogP contribution >= 0.6 is 23.1 Å². The van der Waals surface area contributed by atoms with E-state index in [1.54, 1.807) is 11.3 Å². The van der Waals surface area contributed by atoms with E-state index in [9.17, 15) is 5.11 Å². The van der Waals surface area contributed by atoms with Crippen LogP contribution in [0.1, 0.15) is 35.1 Å². The summed E-state index contributed by atoms with van der Waals surface area (Å²) in [7, 11) is 0. The van der Waals surface area contributed by atoms with Crippen molar-refractivity contribution >= 4 is 23.1 Å². The molecule has 2 nitrogen and oxygen atoms in total. The maximum absolute atomic E-state index is 10.6. The summed E-state index contributed by atoms with van der Waals surface area (Å²) in [6, 6.07) is 4.18. The van der Waals surface area contributed by atoms with Gasteiger partial charge in [-0.05, 0) is 50.0 Å². The van der Waals surface area contributed by atoms with Gasteiger partial charge in [0.15, 0.2) is 0 Å². The average molecular weight is 284 g/mol. The highest BCUT2D eigenvalue weighted by atomic mass is 32.2. The Bertz CT molecular complexity index is 410. The van der Waals surface area contributed by atoms with E-state index in [1.807, 2.05) is 11.8 Å². The first-order chi connectivity index (χ1) is 8.69. The number of thiophene rings is 1. The molecule has 1 spiro atoms. The van der Waals surface area contributed by atoms with Gasteiger partial charge >= 0.3 is 0 Å². The summed E-state index contributed by atoms with van der Waals surface area (Å²) in [5.74, 6) is 2.69. The number of thioether (sulfide) groups is 1. The second-order valence-electron chi connectivity index (χ2n) is 5.48. The lowest BCUT2D eigenvalue weighted by atomic mass is 9.82. The Balaban J connectivity index is 1.72. The fourth-order valence-corrected chi connectivity index (χ4v) is 5.38. The molecule has 3 rings (SSSR count). The molecule has 18 heavy (non-hydrogen) atoms. The van der Waals surface area contributed by atoms with Crippen LogP contribution in [0.15, 0.2) is 12.1 Å². The SMILES string of the molecule is Cc1ccc(C(O)C2CCOC3(CCSC3)C2)s1. The quantitative estimate of drug-likeness (QED) is 0.902. The third-order valence-electron chi connectivity index (χ3n) is 4.10. The van der Waals surface area contributed by atoms with E-state index in [2.05, 4.69) is 19.1 Å². The summed E-state index contributed by atoms with van der Waals surface area (Å²) in [6.07, 6.45) is 2.88. The van der Waals surface area contributed by atoms with E-state index in [0.717, 1.165) is 36.5 Å². The molecule has 2 saturated heterocycles. The molecular weight excluding hydrogens is 264 g/mol. The van der Waals surface area contributed by atoms with Gasteiger partial charge in [0.1, 0.15) is 0 Å². The van der Waals surface area contributed by atoms with Gasteiger partial charge in [0, 0.05) is 22.1 Å². The summed E-state index contributed by atoms with van der Waals surface area (Å²) in [4.78, 5) is 2.41. The number of aliphatic hydroxyl groups is 1. The van der Waals surface area contributed by atoms with Gasteiger partial charge in [-0.3, -0.25) is 0 Å². The van der Waals surface area contributed by atoms with E-state index in [0.29, 0.717) is 5.92 Å². The Labute approximate surface area is 117 Å². The Morgan fingerprint density at radius 2 is 2.39 bits per heavy atom. The highest BCUT2D eigenvalue weighted by molar-refractivity contribution is 7.99. The van der Waals surface area contributed by atoms with Crippen LogP contribution in [-0.4, -0.2) is 28.8 Å². The van der Waals surface area contributed by atoms with Gasteiger partial charge in [-0.1, -0.05) is 0 Å². The maximum Gasteiger partial charge on any atom is 0.0912 e. The third-order valence-corrected chi connectivity index (χ3v) is 6.39. The number of aryl methyl sites for hydroxylation is 1. The zero-order chi connectivity index (χ0) is 12.6. The minimum Gasteiger partial charge on any atom is -0.387 e. The fraction of sp³-hybridized carbons (Fsp3) is 0.714. The van der Waals surface area contributed by atoms with Crippen molar-refractivity contribution in [1.29, 1.82) is 0 Å². The second kappa shape index (κ2) is 5.16. The number of aliphatic hydroxyl groups excluding tert-OH is 1. The Kier molecular flexibility index (Phi) is 3.72. The smallest absolute Gasteiger partial charge is 0.0912 e. The maximum atomic E-state index is 10.6. The van der Waals surface area contributed by atoms with Gasteiger partial charge in [0.2, 0.25) is 0 Å². The number of rotatable bonds is 2. The van der Waals surface area contributed by atoms with E-state index < -0.39 is 0 Å². The molecule has 2 aliphatic heterocycles. The highest BCUT2D eigenvalue weighted by Gasteiger charge is 2.42. The molecule has 3 atom stereocenters. The van der Waals surface area contributed by atoms with Crippen molar-refractivity contribution in [2.45, 2.75) is 37.9 Å². The molecule has 2 fully saturated rings. The normalized spacial score (nSPS) is 34.0. The van der Waals surface area contributed by atoms with Crippen molar-refractivity contribution in [2.75, 3.05) is 18.1 Å². The lowest BCUT2D eigenvalue weighted by molar-refractivity contribution is -0.101. The topological polar surface area (TPSA) is 29.5 Å². The Hall–Kier alpha value is -0.0300. The minimum absolute atomic E-state index is 0.0703. The van der Waals surface area contributed by atoms with Crippen LogP contribution in [0.3, 0.4) is 0 Å². The zero-order valence-electron chi connectivity index (χ0n) is 10.7. The van der Waals surface area contributed by atoms with E-state index in [-0.39, 0.29) is 11.7 Å². The van der Waals surface area contributed by atoms with Gasteiger partial charge in [-0.15, -0.1) is 11.3 Å². The summed E-state index contributed by atoms with van der Waals surface area (Å²) in [6.45, 7) is 2.91. The Morgan fingerprint density at radius 1 is 1.50 bits per heavy atom. The lowest BCUT2D eigenvalue weighted by Gasteiger charge is -2.39. The molecule has 0 radical (unpaired) electrons. The van der Waals surface area contributed by atoms with E-state index in [4.69, 9.17) is 4.74 Å². The first kappa shape index (κ1) is 13.0. The molecule has 4 heteroatoms. The summed E-state index contributed by atoms with van der Waals surface area (Å²) in [5.41, 5.74) is 0.0703. The van der Waals surface area contributed by atoms with Crippen molar-refractivity contribution in [1.82, 2.24) is 0 Å². The van der Waals surface area contributed by atoms with Crippen molar-refractivity contribution in [3.8, 4) is 0 Å². The van der Waals surface area contributed by atoms with Crippen molar-refractivity contribution in [3.05, 3.63) is 21.9 Å². The van der Waals surface area contributed by atoms with Crippen LogP contribution < -0.4 is 0 Å². The van der Waals surface area contributed by atoms with Crippen molar-refractivity contribution in [3.63, 3.8) is 0 Å². The molecular formula is C14H20O2S2. The molecule has 0 saturated carbocycles. The summed E-state index contributed by atoms with van der Waals surface area (Å²) in [5, 5.41) is 10.6. The number of hydrogen-bond acceptors (Lipinski definition) is 4. The lowest BCUT2D eigenvalue weighted by Crippen LogP contribution is -2.41. The fourth-order valence-electron chi connectivity index (χ4n) is 3.04. The molecule has 3 heterocycles. The first-order valence-electron chi connectivity index (χ1n) is 6.65. The average Bonchev–Trinajstić information content (AvgIpc) is 2.98. The van der Waals surface area contributed by atoms with Crippen molar-refractivity contribution < 1.29 is 9.84 Å². The van der Waals surface area contributed by atoms with Gasteiger partial charge in [0.25, 0.3) is 0 Å². The van der Waals surface area contributed by atoms with Gasteiger partial charge in [0.05, 0.1) is 11.7 Å². The standard InChI is InChI=1S/C14H20O2S2/c1-10-2-3-12(18-10)13(15)11-4-6-16-14(8-11)5-7-17-9-14/h2-3,11,13,15H,4-9H2,1H3. The largest absolute Gasteiger partial charge is 0.387 e. The third kappa shape index (κ3) is 2.48. The zero-order valence-corrected chi connectivity index (χ0v) is 12.4. The van der Waals surface area contributed by atoms with Gasteiger partial charge in [-0.2, -0.15) is 11.8 Å². The highest BCUT2D eigenvalue weighted by Crippen LogP contribution is 2.44. The van der Waals surface area contributed by atoms with Crippen LogP contribution in [0.2, 0.25) is 0 Å². The molecule has 0 amide bonds. The monoisotopic (exact) mass is 284 g/mol. The minimum atomic E-state index is -0.296. The van der Waals surface area contributed by atoms with Gasteiger partial charge in [-0.25, -0.2) is 0 Å². The molecule has 0 aromatic carbocycles. The van der Waals surface area contributed by atoms with Crippen LogP contribution in [0.5, 0.6) is 0 Å². The van der Waals surface area contributed by atoms with Gasteiger partial charge < -0.3 is 9.84 Å². The first-order valence-corrected chi connectivity index (χ1v) is 8.62. The molecule has 1 N–H and O–H groups in total. The predicted molar refractivity (Wildman–Crippen MR) is 77.4 cm³/mol. The molecule has 0 aliphatic carbocycles. The van der Waals surface area contributed by atoms with Crippen LogP contribution in [0.4, 0.5) is 0 Å². The number of hydrogen-bond donors (Lipinski definition) is 1.